The van der Waals surface area contributed by atoms with Gasteiger partial charge in [-0.05, 0) is 25.4 Å². The number of imidazole rings is 1. The van der Waals surface area contributed by atoms with E-state index in [4.69, 9.17) is 5.73 Å². The molecule has 2 heterocycles. The molecule has 2 rings (SSSR count). The molecule has 0 fully saturated rings. The smallest absolute Gasteiger partial charge is 0.262 e. The summed E-state index contributed by atoms with van der Waals surface area (Å²) < 4.78 is 28.3. The first-order chi connectivity index (χ1) is 9.39. The number of hydrogen-bond acceptors (Lipinski definition) is 6. The van der Waals surface area contributed by atoms with Gasteiger partial charge in [-0.3, -0.25) is 4.40 Å². The molecule has 112 valence electrons. The molecule has 9 heteroatoms. The summed E-state index contributed by atoms with van der Waals surface area (Å²) >= 11 is 3.06. The summed E-state index contributed by atoms with van der Waals surface area (Å²) in [5.74, 6) is 0.970. The van der Waals surface area contributed by atoms with Crippen molar-refractivity contribution in [1.29, 1.82) is 0 Å². The molecule has 1 atom stereocenters. The van der Waals surface area contributed by atoms with Crippen LogP contribution in [0.5, 0.6) is 0 Å². The fraction of sp³-hybridized carbons (Fsp3) is 0.545. The first-order valence-electron chi connectivity index (χ1n) is 6.07. The van der Waals surface area contributed by atoms with E-state index in [2.05, 4.69) is 4.98 Å². The number of fused-ring (bicyclic) bond motifs is 1. The van der Waals surface area contributed by atoms with Crippen molar-refractivity contribution < 1.29 is 8.42 Å². The molecule has 0 bridgehead atoms. The second-order valence-corrected chi connectivity index (χ2v) is 8.28. The van der Waals surface area contributed by atoms with E-state index < -0.39 is 10.0 Å². The molecular weight excluding hydrogens is 316 g/mol. The van der Waals surface area contributed by atoms with E-state index in [1.807, 2.05) is 13.2 Å². The van der Waals surface area contributed by atoms with E-state index in [-0.39, 0.29) is 16.9 Å². The first-order valence-corrected chi connectivity index (χ1v) is 9.79. The molecule has 1 unspecified atom stereocenters. The molecule has 6 nitrogen and oxygen atoms in total. The van der Waals surface area contributed by atoms with Gasteiger partial charge in [0.25, 0.3) is 10.0 Å². The number of sulfonamides is 1. The average Bonchev–Trinajstić information content (AvgIpc) is 2.93. The van der Waals surface area contributed by atoms with Crippen LogP contribution in [0.1, 0.15) is 13.3 Å². The van der Waals surface area contributed by atoms with Crippen molar-refractivity contribution in [3.8, 4) is 0 Å². The van der Waals surface area contributed by atoms with Gasteiger partial charge in [-0.15, -0.1) is 11.3 Å². The van der Waals surface area contributed by atoms with E-state index in [9.17, 15) is 8.42 Å². The normalized spacial score (nSPS) is 14.2. The zero-order valence-electron chi connectivity index (χ0n) is 11.6. The molecule has 20 heavy (non-hydrogen) atoms. The van der Waals surface area contributed by atoms with Crippen LogP contribution in [0.25, 0.3) is 4.96 Å². The van der Waals surface area contributed by atoms with Crippen LogP contribution in [0, 0.1) is 0 Å². The lowest BCUT2D eigenvalue weighted by Crippen LogP contribution is -2.36. The largest absolute Gasteiger partial charge is 0.381 e. The summed E-state index contributed by atoms with van der Waals surface area (Å²) in [7, 11) is -2.06. The highest BCUT2D eigenvalue weighted by molar-refractivity contribution is 7.98. The fourth-order valence-corrected chi connectivity index (χ4v) is 4.80. The zero-order chi connectivity index (χ0) is 14.9. The van der Waals surface area contributed by atoms with Gasteiger partial charge in [0, 0.05) is 24.7 Å². The highest BCUT2D eigenvalue weighted by atomic mass is 32.2. The number of nitrogen functional groups attached to an aromatic ring is 1. The quantitative estimate of drug-likeness (QED) is 0.870. The Morgan fingerprint density at radius 1 is 1.60 bits per heavy atom. The monoisotopic (exact) mass is 334 g/mol. The van der Waals surface area contributed by atoms with Gasteiger partial charge in [-0.2, -0.15) is 16.1 Å². The lowest BCUT2D eigenvalue weighted by molar-refractivity contribution is 0.381. The standard InChI is InChI=1S/C11H18N4O2S3/c1-8(4-6-18-3)14(2)20(16,17)10-9(12)13-11-15(10)5-7-19-11/h5,7-8H,4,6,12H2,1-3H3. The molecule has 0 saturated heterocycles. The van der Waals surface area contributed by atoms with Crippen LogP contribution in [-0.2, 0) is 10.0 Å². The predicted octanol–water partition coefficient (Wildman–Crippen LogP) is 1.74. The summed E-state index contributed by atoms with van der Waals surface area (Å²) in [6, 6.07) is -0.0870. The third kappa shape index (κ3) is 2.67. The van der Waals surface area contributed by atoms with Gasteiger partial charge >= 0.3 is 0 Å². The van der Waals surface area contributed by atoms with Gasteiger partial charge in [0.15, 0.2) is 15.8 Å². The minimum Gasteiger partial charge on any atom is -0.381 e. The van der Waals surface area contributed by atoms with Gasteiger partial charge in [0.05, 0.1) is 0 Å². The number of aromatic nitrogens is 2. The Kier molecular flexibility index (Phi) is 4.62. The molecule has 0 aliphatic heterocycles. The summed E-state index contributed by atoms with van der Waals surface area (Å²) in [5.41, 5.74) is 5.79. The molecule has 0 aliphatic carbocycles. The van der Waals surface area contributed by atoms with Crippen LogP contribution in [-0.4, -0.2) is 47.2 Å². The number of rotatable bonds is 6. The second-order valence-electron chi connectivity index (χ2n) is 4.51. The SMILES string of the molecule is CSCCC(C)N(C)S(=O)(=O)c1c(N)nc2sccn12. The third-order valence-electron chi connectivity index (χ3n) is 3.23. The van der Waals surface area contributed by atoms with Crippen LogP contribution in [0.15, 0.2) is 16.6 Å². The van der Waals surface area contributed by atoms with Crippen molar-refractivity contribution in [3.63, 3.8) is 0 Å². The topological polar surface area (TPSA) is 80.7 Å². The Bertz CT molecular complexity index is 692. The summed E-state index contributed by atoms with van der Waals surface area (Å²) in [6.07, 6.45) is 4.48. The van der Waals surface area contributed by atoms with Gasteiger partial charge in [-0.1, -0.05) is 0 Å². The highest BCUT2D eigenvalue weighted by Gasteiger charge is 2.31. The molecule has 0 aliphatic rings. The van der Waals surface area contributed by atoms with Crippen LogP contribution >= 0.6 is 23.1 Å². The number of nitrogens with two attached hydrogens (primary N) is 1. The lowest BCUT2D eigenvalue weighted by atomic mass is 10.3. The maximum Gasteiger partial charge on any atom is 0.262 e. The fourth-order valence-electron chi connectivity index (χ4n) is 1.88. The van der Waals surface area contributed by atoms with Crippen LogP contribution in [0.2, 0.25) is 0 Å². The highest BCUT2D eigenvalue weighted by Crippen LogP contribution is 2.27. The minimum atomic E-state index is -3.65. The van der Waals surface area contributed by atoms with Gasteiger partial charge in [0.1, 0.15) is 0 Å². The number of anilines is 1. The molecule has 2 aromatic heterocycles. The number of nitrogens with zero attached hydrogens (tertiary/aromatic N) is 3. The van der Waals surface area contributed by atoms with E-state index in [0.717, 1.165) is 12.2 Å². The van der Waals surface area contributed by atoms with Gasteiger partial charge < -0.3 is 5.73 Å². The molecule has 0 aromatic carbocycles. The summed E-state index contributed by atoms with van der Waals surface area (Å²) in [5, 5.41) is 1.85. The number of thioether (sulfide) groups is 1. The minimum absolute atomic E-state index is 0.0563. The van der Waals surface area contributed by atoms with Gasteiger partial charge in [-0.25, -0.2) is 13.4 Å². The Labute approximate surface area is 127 Å². The average molecular weight is 334 g/mol. The van der Waals surface area contributed by atoms with Crippen molar-refractivity contribution in [2.24, 2.45) is 0 Å². The van der Waals surface area contributed by atoms with E-state index in [1.54, 1.807) is 30.4 Å². The molecule has 2 N–H and O–H groups in total. The second kappa shape index (κ2) is 5.92. The Morgan fingerprint density at radius 3 is 2.95 bits per heavy atom. The first kappa shape index (κ1) is 15.6. The summed E-state index contributed by atoms with van der Waals surface area (Å²) in [6.45, 7) is 1.90. The van der Waals surface area contributed by atoms with Crippen LogP contribution in [0.3, 0.4) is 0 Å². The third-order valence-corrected chi connectivity index (χ3v) is 6.64. The van der Waals surface area contributed by atoms with E-state index in [1.165, 1.54) is 20.0 Å². The molecule has 0 spiro atoms. The van der Waals surface area contributed by atoms with Crippen LogP contribution in [0.4, 0.5) is 5.82 Å². The Morgan fingerprint density at radius 2 is 2.30 bits per heavy atom. The van der Waals surface area contributed by atoms with Crippen molar-refractivity contribution >= 4 is 43.9 Å². The Balaban J connectivity index is 2.39. The maximum absolute atomic E-state index is 12.7. The maximum atomic E-state index is 12.7. The van der Waals surface area contributed by atoms with Crippen molar-refractivity contribution in [2.45, 2.75) is 24.4 Å². The van der Waals surface area contributed by atoms with Crippen LogP contribution < -0.4 is 5.73 Å². The van der Waals surface area contributed by atoms with Crippen molar-refractivity contribution in [2.75, 3.05) is 24.8 Å². The molecule has 0 saturated carbocycles. The zero-order valence-corrected chi connectivity index (χ0v) is 14.1. The molecule has 0 amide bonds. The van der Waals surface area contributed by atoms with E-state index >= 15 is 0 Å². The molecule has 2 aromatic rings. The predicted molar refractivity (Wildman–Crippen MR) is 84.9 cm³/mol. The molecular formula is C11H18N4O2S3. The number of hydrogen-bond donors (Lipinski definition) is 1. The molecule has 0 radical (unpaired) electrons. The lowest BCUT2D eigenvalue weighted by Gasteiger charge is -2.23. The summed E-state index contributed by atoms with van der Waals surface area (Å²) in [4.78, 5) is 4.68. The van der Waals surface area contributed by atoms with Crippen molar-refractivity contribution in [1.82, 2.24) is 13.7 Å². The van der Waals surface area contributed by atoms with Crippen molar-refractivity contribution in [3.05, 3.63) is 11.6 Å². The van der Waals surface area contributed by atoms with Gasteiger partial charge in [0.2, 0.25) is 0 Å². The van der Waals surface area contributed by atoms with E-state index in [0.29, 0.717) is 4.96 Å². The Hall–Kier alpha value is -0.770. The number of thiazole rings is 1.